The summed E-state index contributed by atoms with van der Waals surface area (Å²) in [6, 6.07) is 21.9. The Labute approximate surface area is 221 Å². The molecule has 0 aliphatic heterocycles. The van der Waals surface area contributed by atoms with Gasteiger partial charge < -0.3 is 29.5 Å². The molecule has 0 saturated heterocycles. The van der Waals surface area contributed by atoms with Gasteiger partial charge in [0, 0.05) is 25.3 Å². The van der Waals surface area contributed by atoms with Crippen LogP contribution in [-0.4, -0.2) is 61.0 Å². The fourth-order valence-corrected chi connectivity index (χ4v) is 3.67. The number of hydrogen-bond donors (Lipinski definition) is 2. The van der Waals surface area contributed by atoms with Crippen LogP contribution in [0, 0.1) is 5.82 Å². The van der Waals surface area contributed by atoms with Crippen molar-refractivity contribution < 1.29 is 33.3 Å². The lowest BCUT2D eigenvalue weighted by Gasteiger charge is -2.23. The first-order chi connectivity index (χ1) is 18.4. The summed E-state index contributed by atoms with van der Waals surface area (Å²) < 4.78 is 30.4. The molecule has 9 heteroatoms. The van der Waals surface area contributed by atoms with Gasteiger partial charge in [-0.3, -0.25) is 0 Å². The number of anilines is 1. The molecule has 3 aromatic carbocycles. The van der Waals surface area contributed by atoms with E-state index < -0.39 is 17.9 Å². The highest BCUT2D eigenvalue weighted by Crippen LogP contribution is 2.16. The normalized spacial score (nSPS) is 11.4. The van der Waals surface area contributed by atoms with Crippen LogP contribution in [0.1, 0.15) is 18.9 Å². The predicted molar refractivity (Wildman–Crippen MR) is 142 cm³/mol. The summed E-state index contributed by atoms with van der Waals surface area (Å²) in [6.07, 6.45) is -0.0596. The van der Waals surface area contributed by atoms with E-state index in [4.69, 9.17) is 14.2 Å². The van der Waals surface area contributed by atoms with Crippen molar-refractivity contribution >= 4 is 17.7 Å². The zero-order valence-corrected chi connectivity index (χ0v) is 21.3. The first-order valence-corrected chi connectivity index (χ1v) is 12.5. The third-order valence-corrected chi connectivity index (χ3v) is 5.57. The quantitative estimate of drug-likeness (QED) is 0.264. The van der Waals surface area contributed by atoms with Crippen LogP contribution in [0.5, 0.6) is 11.5 Å². The topological polar surface area (TPSA) is 97.3 Å². The number of aliphatic carboxylic acids is 1. The molecule has 38 heavy (non-hydrogen) atoms. The van der Waals surface area contributed by atoms with Crippen molar-refractivity contribution in [3.05, 3.63) is 90.2 Å². The van der Waals surface area contributed by atoms with Crippen LogP contribution in [0.15, 0.2) is 78.9 Å². The van der Waals surface area contributed by atoms with E-state index in [0.717, 1.165) is 11.3 Å². The summed E-state index contributed by atoms with van der Waals surface area (Å²) in [5.41, 5.74) is 1.18. The molecule has 1 atom stereocenters. The molecule has 0 bridgehead atoms. The molecule has 1 unspecified atom stereocenters. The summed E-state index contributed by atoms with van der Waals surface area (Å²) in [5.74, 6) is -0.0906. The Balaban J connectivity index is 1.53. The van der Waals surface area contributed by atoms with E-state index in [2.05, 4.69) is 5.32 Å². The summed E-state index contributed by atoms with van der Waals surface area (Å²) in [7, 11) is 0. The third kappa shape index (κ3) is 9.74. The minimum Gasteiger partial charge on any atom is -0.494 e. The Kier molecular flexibility index (Phi) is 11.4. The first-order valence-electron chi connectivity index (χ1n) is 12.5. The van der Waals surface area contributed by atoms with Gasteiger partial charge in [-0.2, -0.15) is 0 Å². The molecule has 0 fully saturated rings. The van der Waals surface area contributed by atoms with Crippen molar-refractivity contribution in [3.63, 3.8) is 0 Å². The highest BCUT2D eigenvalue weighted by Gasteiger charge is 2.18. The van der Waals surface area contributed by atoms with Crippen LogP contribution >= 0.6 is 0 Å². The van der Waals surface area contributed by atoms with Crippen molar-refractivity contribution in [1.29, 1.82) is 0 Å². The Morgan fingerprint density at radius 3 is 2.32 bits per heavy atom. The van der Waals surface area contributed by atoms with Crippen LogP contribution in [0.4, 0.5) is 14.9 Å². The molecule has 0 aromatic heterocycles. The Bertz CT molecular complexity index is 1140. The summed E-state index contributed by atoms with van der Waals surface area (Å²) in [5, 5.41) is 12.0. The molecule has 8 nitrogen and oxygen atoms in total. The van der Waals surface area contributed by atoms with Crippen LogP contribution in [0.2, 0.25) is 0 Å². The van der Waals surface area contributed by atoms with Gasteiger partial charge in [-0.15, -0.1) is 0 Å². The van der Waals surface area contributed by atoms with Gasteiger partial charge in [0.25, 0.3) is 0 Å². The standard InChI is InChI=1S/C29H33FN2O6/c1-2-36-27(28(33)34)20-22-12-14-26(15-13-22)38-19-17-32(16-7-18-37-25-10-4-3-5-11-25)29(35)31-24-9-6-8-23(30)21-24/h3-6,8-15,21,27H,2,7,16-20H2,1H3,(H,31,35)(H,33,34). The molecule has 0 spiro atoms. The van der Waals surface area contributed by atoms with E-state index in [0.29, 0.717) is 44.2 Å². The molecule has 0 saturated carbocycles. The van der Waals surface area contributed by atoms with Crippen molar-refractivity contribution in [3.8, 4) is 11.5 Å². The van der Waals surface area contributed by atoms with Crippen molar-refractivity contribution in [1.82, 2.24) is 4.90 Å². The lowest BCUT2D eigenvalue weighted by atomic mass is 10.1. The number of halogens is 1. The van der Waals surface area contributed by atoms with E-state index in [1.54, 1.807) is 42.2 Å². The van der Waals surface area contributed by atoms with Crippen LogP contribution in [0.3, 0.4) is 0 Å². The largest absolute Gasteiger partial charge is 0.494 e. The summed E-state index contributed by atoms with van der Waals surface area (Å²) in [6.45, 7) is 3.43. The maximum absolute atomic E-state index is 13.6. The smallest absolute Gasteiger partial charge is 0.333 e. The maximum Gasteiger partial charge on any atom is 0.333 e. The van der Waals surface area contributed by atoms with Crippen LogP contribution < -0.4 is 14.8 Å². The number of carboxylic acids is 1. The van der Waals surface area contributed by atoms with Gasteiger partial charge in [0.05, 0.1) is 13.2 Å². The van der Waals surface area contributed by atoms with E-state index in [1.165, 1.54) is 18.2 Å². The van der Waals surface area contributed by atoms with Crippen LogP contribution in [0.25, 0.3) is 0 Å². The minimum atomic E-state index is -1.00. The molecule has 0 aliphatic carbocycles. The molecule has 0 heterocycles. The zero-order valence-electron chi connectivity index (χ0n) is 21.3. The van der Waals surface area contributed by atoms with E-state index >= 15 is 0 Å². The van der Waals surface area contributed by atoms with Gasteiger partial charge in [-0.1, -0.05) is 36.4 Å². The Morgan fingerprint density at radius 1 is 0.921 bits per heavy atom. The SMILES string of the molecule is CCOC(Cc1ccc(OCCN(CCCOc2ccccc2)C(=O)Nc2cccc(F)c2)cc1)C(=O)O. The maximum atomic E-state index is 13.6. The van der Waals surface area contributed by atoms with Gasteiger partial charge in [0.15, 0.2) is 6.10 Å². The number of nitrogens with zero attached hydrogens (tertiary/aromatic N) is 1. The number of hydrogen-bond acceptors (Lipinski definition) is 5. The number of benzene rings is 3. The molecule has 0 aliphatic rings. The number of nitrogens with one attached hydrogen (secondary N) is 1. The number of rotatable bonds is 15. The number of carbonyl (C=O) groups excluding carboxylic acids is 1. The fraction of sp³-hybridized carbons (Fsp3) is 0.310. The molecular weight excluding hydrogens is 491 g/mol. The monoisotopic (exact) mass is 524 g/mol. The third-order valence-electron chi connectivity index (χ3n) is 5.57. The van der Waals surface area contributed by atoms with Gasteiger partial charge in [0.2, 0.25) is 0 Å². The number of urea groups is 1. The highest BCUT2D eigenvalue weighted by molar-refractivity contribution is 5.89. The number of carboxylic acid groups (broad SMARTS) is 1. The summed E-state index contributed by atoms with van der Waals surface area (Å²) >= 11 is 0. The number of ether oxygens (including phenoxy) is 3. The molecule has 3 aromatic rings. The average molecular weight is 525 g/mol. The van der Waals surface area contributed by atoms with Crippen molar-refractivity contribution in [2.45, 2.75) is 25.9 Å². The lowest BCUT2D eigenvalue weighted by Crippen LogP contribution is -2.39. The summed E-state index contributed by atoms with van der Waals surface area (Å²) in [4.78, 5) is 25.8. The second-order valence-corrected chi connectivity index (χ2v) is 8.42. The van der Waals surface area contributed by atoms with E-state index in [-0.39, 0.29) is 19.1 Å². The second-order valence-electron chi connectivity index (χ2n) is 8.42. The number of amides is 2. The molecule has 0 radical (unpaired) electrons. The number of para-hydroxylation sites is 1. The molecule has 2 amide bonds. The molecule has 202 valence electrons. The molecular formula is C29H33FN2O6. The first kappa shape index (κ1) is 28.5. The van der Waals surface area contributed by atoms with Crippen LogP contribution in [-0.2, 0) is 16.0 Å². The van der Waals surface area contributed by atoms with Crippen molar-refractivity contribution in [2.75, 3.05) is 38.2 Å². The molecule has 2 N–H and O–H groups in total. The zero-order chi connectivity index (χ0) is 27.2. The Morgan fingerprint density at radius 2 is 1.63 bits per heavy atom. The second kappa shape index (κ2) is 15.2. The number of carbonyl (C=O) groups is 2. The minimum absolute atomic E-state index is 0.228. The highest BCUT2D eigenvalue weighted by atomic mass is 19.1. The Hall–Kier alpha value is -4.11. The van der Waals surface area contributed by atoms with Gasteiger partial charge >= 0.3 is 12.0 Å². The van der Waals surface area contributed by atoms with Gasteiger partial charge in [0.1, 0.15) is 23.9 Å². The van der Waals surface area contributed by atoms with E-state index in [1.807, 2.05) is 30.3 Å². The fourth-order valence-electron chi connectivity index (χ4n) is 3.67. The molecule has 3 rings (SSSR count). The van der Waals surface area contributed by atoms with Gasteiger partial charge in [-0.25, -0.2) is 14.0 Å². The lowest BCUT2D eigenvalue weighted by molar-refractivity contribution is -0.149. The predicted octanol–water partition coefficient (Wildman–Crippen LogP) is 5.24. The van der Waals surface area contributed by atoms with Gasteiger partial charge in [-0.05, 0) is 61.4 Å². The van der Waals surface area contributed by atoms with E-state index in [9.17, 15) is 19.1 Å². The average Bonchev–Trinajstić information content (AvgIpc) is 2.91. The van der Waals surface area contributed by atoms with Crippen molar-refractivity contribution in [2.24, 2.45) is 0 Å².